The first-order valence-corrected chi connectivity index (χ1v) is 6.16. The van der Waals surface area contributed by atoms with Gasteiger partial charge in [-0.05, 0) is 12.1 Å². The lowest BCUT2D eigenvalue weighted by molar-refractivity contribution is 0.811. The third-order valence-corrected chi connectivity index (χ3v) is 3.29. The molecule has 3 N–H and O–H groups in total. The first kappa shape index (κ1) is 11.7. The number of rotatable bonds is 2. The topological polar surface area (TPSA) is 70.3 Å². The van der Waals surface area contributed by atoms with E-state index in [1.165, 1.54) is 5.69 Å². The number of hydrogen-bond donors (Lipinski definition) is 2. The Bertz CT molecular complexity index is 585. The second-order valence-corrected chi connectivity index (χ2v) is 4.47. The fourth-order valence-corrected chi connectivity index (χ4v) is 2.30. The Morgan fingerprint density at radius 3 is 2.74 bits per heavy atom. The van der Waals surface area contributed by atoms with Gasteiger partial charge >= 0.3 is 0 Å². The van der Waals surface area contributed by atoms with E-state index in [9.17, 15) is 0 Å². The number of hydrazine groups is 1. The summed E-state index contributed by atoms with van der Waals surface area (Å²) in [6, 6.07) is 8.28. The van der Waals surface area contributed by atoms with Crippen LogP contribution in [0, 0.1) is 0 Å². The number of hydrogen-bond acceptors (Lipinski definition) is 6. The van der Waals surface area contributed by atoms with Gasteiger partial charge in [-0.1, -0.05) is 12.1 Å². The molecule has 0 unspecified atom stereocenters. The maximum Gasteiger partial charge on any atom is 0.160 e. The number of nitrogens with two attached hydrogens (primary N) is 1. The molecule has 0 radical (unpaired) electrons. The van der Waals surface area contributed by atoms with Crippen LogP contribution in [0.15, 0.2) is 36.7 Å². The molecule has 0 aliphatic carbocycles. The monoisotopic (exact) mass is 256 g/mol. The highest BCUT2D eigenvalue weighted by Gasteiger charge is 2.22. The first-order valence-electron chi connectivity index (χ1n) is 6.16. The zero-order chi connectivity index (χ0) is 13.2. The van der Waals surface area contributed by atoms with Gasteiger partial charge in [0.1, 0.15) is 0 Å². The Morgan fingerprint density at radius 1 is 1.16 bits per heavy atom. The zero-order valence-electron chi connectivity index (χ0n) is 10.7. The number of nitrogen functional groups attached to an aromatic ring is 1. The smallest absolute Gasteiger partial charge is 0.160 e. The molecule has 1 aromatic heterocycles. The summed E-state index contributed by atoms with van der Waals surface area (Å²) >= 11 is 0. The average molecular weight is 256 g/mol. The van der Waals surface area contributed by atoms with Gasteiger partial charge in [-0.3, -0.25) is 4.98 Å². The summed E-state index contributed by atoms with van der Waals surface area (Å²) in [5.41, 5.74) is 4.86. The summed E-state index contributed by atoms with van der Waals surface area (Å²) in [6.45, 7) is 1.81. The van der Waals surface area contributed by atoms with Crippen molar-refractivity contribution in [3.8, 4) is 0 Å². The molecular weight excluding hydrogens is 240 g/mol. The molecule has 0 atom stereocenters. The van der Waals surface area contributed by atoms with Gasteiger partial charge in [-0.2, -0.15) is 0 Å². The van der Waals surface area contributed by atoms with E-state index in [2.05, 4.69) is 44.4 Å². The van der Waals surface area contributed by atoms with Crippen LogP contribution < -0.4 is 21.1 Å². The van der Waals surface area contributed by atoms with Gasteiger partial charge in [0.2, 0.25) is 0 Å². The van der Waals surface area contributed by atoms with Crippen molar-refractivity contribution in [2.24, 2.45) is 5.84 Å². The lowest BCUT2D eigenvalue weighted by atomic mass is 10.2. The number of nitrogens with one attached hydrogen (secondary N) is 1. The van der Waals surface area contributed by atoms with Gasteiger partial charge in [0, 0.05) is 20.1 Å². The first-order chi connectivity index (χ1) is 9.29. The van der Waals surface area contributed by atoms with Gasteiger partial charge in [-0.15, -0.1) is 0 Å². The Kier molecular flexibility index (Phi) is 2.92. The van der Waals surface area contributed by atoms with E-state index >= 15 is 0 Å². The van der Waals surface area contributed by atoms with Crippen LogP contribution in [0.1, 0.15) is 0 Å². The maximum absolute atomic E-state index is 5.39. The van der Waals surface area contributed by atoms with Crippen molar-refractivity contribution >= 4 is 23.0 Å². The summed E-state index contributed by atoms with van der Waals surface area (Å²) in [4.78, 5) is 13.0. The van der Waals surface area contributed by atoms with Crippen LogP contribution in [0.2, 0.25) is 0 Å². The van der Waals surface area contributed by atoms with Crippen LogP contribution in [-0.2, 0) is 0 Å². The summed E-state index contributed by atoms with van der Waals surface area (Å²) in [6.07, 6.45) is 3.36. The molecule has 0 saturated heterocycles. The van der Waals surface area contributed by atoms with Gasteiger partial charge in [0.25, 0.3) is 0 Å². The molecule has 0 fully saturated rings. The number of benzene rings is 1. The Hall–Kier alpha value is -2.34. The van der Waals surface area contributed by atoms with E-state index in [0.717, 1.165) is 24.6 Å². The van der Waals surface area contributed by atoms with Crippen LogP contribution >= 0.6 is 0 Å². The van der Waals surface area contributed by atoms with Crippen LogP contribution in [0.3, 0.4) is 0 Å². The van der Waals surface area contributed by atoms with Crippen molar-refractivity contribution in [2.45, 2.75) is 0 Å². The van der Waals surface area contributed by atoms with E-state index in [-0.39, 0.29) is 0 Å². The second-order valence-electron chi connectivity index (χ2n) is 4.47. The molecule has 6 heteroatoms. The highest BCUT2D eigenvalue weighted by Crippen LogP contribution is 2.35. The molecule has 0 bridgehead atoms. The van der Waals surface area contributed by atoms with Crippen LogP contribution in [0.25, 0.3) is 0 Å². The standard InChI is InChI=1S/C13H16N6/c1-18-6-7-19(11-5-3-2-4-10(11)18)13-9-15-8-12(16-13)17-14/h2-5,8-9H,6-7,14H2,1H3,(H,16,17). The Balaban J connectivity index is 2.04. The summed E-state index contributed by atoms with van der Waals surface area (Å²) in [7, 11) is 2.10. The molecule has 19 heavy (non-hydrogen) atoms. The predicted molar refractivity (Wildman–Crippen MR) is 76.6 cm³/mol. The van der Waals surface area contributed by atoms with Crippen LogP contribution in [0.4, 0.5) is 23.0 Å². The van der Waals surface area contributed by atoms with E-state index in [1.54, 1.807) is 12.4 Å². The van der Waals surface area contributed by atoms with Crippen LogP contribution in [-0.4, -0.2) is 30.1 Å². The molecule has 1 aliphatic rings. The molecule has 0 spiro atoms. The van der Waals surface area contributed by atoms with Gasteiger partial charge < -0.3 is 15.2 Å². The lowest BCUT2D eigenvalue weighted by Crippen LogP contribution is -2.36. The molecule has 2 aromatic rings. The van der Waals surface area contributed by atoms with Gasteiger partial charge in [0.05, 0.1) is 23.8 Å². The Labute approximate surface area is 111 Å². The third kappa shape index (κ3) is 2.06. The highest BCUT2D eigenvalue weighted by molar-refractivity contribution is 5.78. The maximum atomic E-state index is 5.39. The average Bonchev–Trinajstić information content (AvgIpc) is 2.48. The minimum atomic E-state index is 0.564. The van der Waals surface area contributed by atoms with E-state index in [1.807, 2.05) is 12.1 Å². The van der Waals surface area contributed by atoms with Crippen molar-refractivity contribution < 1.29 is 0 Å². The second kappa shape index (κ2) is 4.74. The number of fused-ring (bicyclic) bond motifs is 1. The zero-order valence-corrected chi connectivity index (χ0v) is 10.7. The van der Waals surface area contributed by atoms with E-state index in [0.29, 0.717) is 5.82 Å². The predicted octanol–water partition coefficient (Wildman–Crippen LogP) is 1.35. The van der Waals surface area contributed by atoms with Gasteiger partial charge in [0.15, 0.2) is 11.6 Å². The quantitative estimate of drug-likeness (QED) is 0.624. The SMILES string of the molecule is CN1CCN(c2cncc(NN)n2)c2ccccc21. The van der Waals surface area contributed by atoms with E-state index in [4.69, 9.17) is 5.84 Å². The number of aromatic nitrogens is 2. The molecule has 6 nitrogen and oxygen atoms in total. The van der Waals surface area contributed by atoms with Crippen molar-refractivity contribution in [1.82, 2.24) is 9.97 Å². The third-order valence-electron chi connectivity index (χ3n) is 3.29. The van der Waals surface area contributed by atoms with Crippen molar-refractivity contribution in [1.29, 1.82) is 0 Å². The van der Waals surface area contributed by atoms with Gasteiger partial charge in [-0.25, -0.2) is 10.8 Å². The van der Waals surface area contributed by atoms with Crippen LogP contribution in [0.5, 0.6) is 0 Å². The molecular formula is C13H16N6. The number of para-hydroxylation sites is 2. The fraction of sp³-hybridized carbons (Fsp3) is 0.231. The summed E-state index contributed by atoms with van der Waals surface area (Å²) in [5, 5.41) is 0. The van der Waals surface area contributed by atoms with Crippen molar-refractivity contribution in [2.75, 3.05) is 35.4 Å². The number of anilines is 4. The van der Waals surface area contributed by atoms with Crippen molar-refractivity contribution in [3.05, 3.63) is 36.7 Å². The highest BCUT2D eigenvalue weighted by atomic mass is 15.3. The fourth-order valence-electron chi connectivity index (χ4n) is 2.30. The molecule has 1 aliphatic heterocycles. The molecule has 2 heterocycles. The molecule has 3 rings (SSSR count). The molecule has 0 amide bonds. The summed E-state index contributed by atoms with van der Waals surface area (Å²) in [5.74, 6) is 6.75. The minimum Gasteiger partial charge on any atom is -0.371 e. The largest absolute Gasteiger partial charge is 0.371 e. The molecule has 0 saturated carbocycles. The minimum absolute atomic E-state index is 0.564. The summed E-state index contributed by atoms with van der Waals surface area (Å²) < 4.78 is 0. The van der Waals surface area contributed by atoms with Crippen molar-refractivity contribution in [3.63, 3.8) is 0 Å². The van der Waals surface area contributed by atoms with E-state index < -0.39 is 0 Å². The Morgan fingerprint density at radius 2 is 1.95 bits per heavy atom. The molecule has 98 valence electrons. The number of likely N-dealkylation sites (N-methyl/N-ethyl adjacent to an activating group) is 1. The number of nitrogens with zero attached hydrogens (tertiary/aromatic N) is 4. The normalized spacial score (nSPS) is 14.2. The molecule has 1 aromatic carbocycles. The lowest BCUT2D eigenvalue weighted by Gasteiger charge is -2.36.